The molecule has 9 heteroatoms. The van der Waals surface area contributed by atoms with Crippen molar-refractivity contribution in [1.29, 1.82) is 0 Å². The van der Waals surface area contributed by atoms with Crippen LogP contribution < -0.4 is 15.0 Å². The Balaban J connectivity index is 0.000000253. The zero-order valence-corrected chi connectivity index (χ0v) is 22.6. The second-order valence-electron chi connectivity index (χ2n) is 8.52. The van der Waals surface area contributed by atoms with Crippen molar-refractivity contribution in [2.45, 2.75) is 27.4 Å². The van der Waals surface area contributed by atoms with Gasteiger partial charge in [-0.25, -0.2) is 4.98 Å². The molecule has 1 aliphatic heterocycles. The third kappa shape index (κ3) is 5.64. The molecule has 3 amide bonds. The number of pyridine rings is 1. The highest BCUT2D eigenvalue weighted by Gasteiger charge is 2.25. The van der Waals surface area contributed by atoms with Crippen LogP contribution in [-0.4, -0.2) is 29.3 Å². The molecule has 7 nitrogen and oxygen atoms in total. The van der Waals surface area contributed by atoms with Crippen molar-refractivity contribution < 1.29 is 19.1 Å². The average molecular weight is 550 g/mol. The average Bonchev–Trinajstić information content (AvgIpc) is 3.19. The molecule has 194 valence electrons. The molecule has 5 rings (SSSR count). The first-order chi connectivity index (χ1) is 18.2. The van der Waals surface area contributed by atoms with Gasteiger partial charge in [-0.15, -0.1) is 0 Å². The highest BCUT2D eigenvalue weighted by Crippen LogP contribution is 2.35. The second-order valence-corrected chi connectivity index (χ2v) is 9.31. The predicted molar refractivity (Wildman–Crippen MR) is 149 cm³/mol. The van der Waals surface area contributed by atoms with Crippen LogP contribution in [0.2, 0.25) is 10.0 Å². The van der Waals surface area contributed by atoms with Crippen LogP contribution in [-0.2, 0) is 11.4 Å². The fraction of sp³-hybridized carbons (Fsp3) is 0.172. The van der Waals surface area contributed by atoms with E-state index in [4.69, 9.17) is 27.9 Å². The summed E-state index contributed by atoms with van der Waals surface area (Å²) in [7, 11) is 0. The summed E-state index contributed by atoms with van der Waals surface area (Å²) in [5, 5.41) is 4.12. The molecule has 38 heavy (non-hydrogen) atoms. The van der Waals surface area contributed by atoms with E-state index < -0.39 is 0 Å². The molecule has 1 aliphatic rings. The van der Waals surface area contributed by atoms with Gasteiger partial charge in [-0.05, 0) is 50.2 Å². The number of hydrogen-bond donors (Lipinski definition) is 1. The molecule has 0 aliphatic carbocycles. The number of rotatable bonds is 5. The van der Waals surface area contributed by atoms with Crippen LogP contribution in [0.1, 0.15) is 45.8 Å². The van der Waals surface area contributed by atoms with E-state index in [0.717, 1.165) is 16.6 Å². The number of hydrogen-bond acceptors (Lipinski definition) is 5. The third-order valence-corrected chi connectivity index (χ3v) is 6.77. The molecule has 0 unspecified atom stereocenters. The summed E-state index contributed by atoms with van der Waals surface area (Å²) in [6.45, 7) is 6.04. The zero-order valence-electron chi connectivity index (χ0n) is 21.0. The van der Waals surface area contributed by atoms with E-state index in [1.165, 1.54) is 6.92 Å². The number of nitrogens with one attached hydrogen (secondary N) is 1. The summed E-state index contributed by atoms with van der Waals surface area (Å²) >= 11 is 12.9. The lowest BCUT2D eigenvalue weighted by molar-refractivity contribution is -0.116. The van der Waals surface area contributed by atoms with Gasteiger partial charge in [-0.1, -0.05) is 53.5 Å². The number of carbonyl (C=O) groups excluding carboxylic acids is 3. The number of aromatic nitrogens is 1. The minimum atomic E-state index is -0.300. The summed E-state index contributed by atoms with van der Waals surface area (Å²) in [4.78, 5) is 39.9. The first-order valence-corrected chi connectivity index (χ1v) is 12.7. The van der Waals surface area contributed by atoms with Gasteiger partial charge in [0.1, 0.15) is 17.9 Å². The quantitative estimate of drug-likeness (QED) is 0.292. The van der Waals surface area contributed by atoms with Crippen molar-refractivity contribution in [2.24, 2.45) is 0 Å². The van der Waals surface area contributed by atoms with Gasteiger partial charge in [0.05, 0.1) is 21.8 Å². The van der Waals surface area contributed by atoms with Gasteiger partial charge in [0.25, 0.3) is 11.8 Å². The number of benzene rings is 3. The number of carbonyl (C=O) groups is 3. The number of aryl methyl sites for hydroxylation is 1. The van der Waals surface area contributed by atoms with Gasteiger partial charge in [0.15, 0.2) is 0 Å². The molecule has 0 saturated heterocycles. The van der Waals surface area contributed by atoms with E-state index in [1.54, 1.807) is 41.3 Å². The topological polar surface area (TPSA) is 88.6 Å². The molecule has 3 aromatic carbocycles. The number of amides is 3. The first-order valence-electron chi connectivity index (χ1n) is 11.9. The fourth-order valence-corrected chi connectivity index (χ4v) is 4.67. The van der Waals surface area contributed by atoms with Crippen molar-refractivity contribution >= 4 is 57.5 Å². The van der Waals surface area contributed by atoms with Gasteiger partial charge in [0.2, 0.25) is 5.91 Å². The molecular formula is C29H25Cl2N3O4. The normalized spacial score (nSPS) is 11.9. The maximum atomic E-state index is 11.9. The van der Waals surface area contributed by atoms with E-state index in [0.29, 0.717) is 44.7 Å². The Bertz CT molecular complexity index is 1520. The second kappa shape index (κ2) is 11.6. The number of anilines is 1. The standard InChI is InChI=1S/C21H20Cl2N2O2.C8H5NO2/c1-4-25(14(3)26)18-11-10-17(22)16(20(18)23)12-27-19-7-5-6-15-9-8-13(2)24-21(15)19;10-7-5-3-1-2-4-6(5)8(11)9-7/h5-11H,4,12H2,1-3H3;1-4H,(H,9,10,11). The van der Waals surface area contributed by atoms with Crippen LogP contribution in [0.3, 0.4) is 0 Å². The molecule has 0 saturated carbocycles. The van der Waals surface area contributed by atoms with Crippen LogP contribution in [0.15, 0.2) is 66.7 Å². The minimum Gasteiger partial charge on any atom is -0.487 e. The fourth-order valence-electron chi connectivity index (χ4n) is 4.09. The van der Waals surface area contributed by atoms with E-state index in [-0.39, 0.29) is 24.3 Å². The maximum Gasteiger partial charge on any atom is 0.258 e. The van der Waals surface area contributed by atoms with Crippen LogP contribution in [0.25, 0.3) is 10.9 Å². The lowest BCUT2D eigenvalue weighted by Gasteiger charge is -2.22. The first kappa shape index (κ1) is 27.1. The van der Waals surface area contributed by atoms with Gasteiger partial charge in [-0.2, -0.15) is 0 Å². The van der Waals surface area contributed by atoms with Crippen LogP contribution >= 0.6 is 23.2 Å². The summed E-state index contributed by atoms with van der Waals surface area (Å²) in [5.74, 6) is -0.0221. The molecule has 4 aromatic rings. The van der Waals surface area contributed by atoms with Crippen LogP contribution in [0, 0.1) is 6.92 Å². The van der Waals surface area contributed by atoms with Crippen molar-refractivity contribution in [2.75, 3.05) is 11.4 Å². The molecule has 0 radical (unpaired) electrons. The smallest absolute Gasteiger partial charge is 0.258 e. The molecule has 0 bridgehead atoms. The SMILES string of the molecule is CCN(C(C)=O)c1ccc(Cl)c(COc2cccc3ccc(C)nc23)c1Cl.O=C1NC(=O)c2ccccc21. The lowest BCUT2D eigenvalue weighted by atomic mass is 10.1. The number of imide groups is 1. The van der Waals surface area contributed by atoms with E-state index in [2.05, 4.69) is 10.3 Å². The minimum absolute atomic E-state index is 0.0812. The number of ether oxygens (including phenoxy) is 1. The highest BCUT2D eigenvalue weighted by molar-refractivity contribution is 6.38. The number of halogens is 2. The molecule has 1 N–H and O–H groups in total. The Morgan fingerprint density at radius 3 is 2.26 bits per heavy atom. The molecule has 0 fully saturated rings. The summed E-state index contributed by atoms with van der Waals surface area (Å²) in [6.07, 6.45) is 0. The predicted octanol–water partition coefficient (Wildman–Crippen LogP) is 6.37. The molecule has 0 spiro atoms. The number of para-hydroxylation sites is 1. The third-order valence-electron chi connectivity index (χ3n) is 5.99. The van der Waals surface area contributed by atoms with Gasteiger partial charge in [0, 0.05) is 35.1 Å². The van der Waals surface area contributed by atoms with Crippen molar-refractivity contribution in [3.63, 3.8) is 0 Å². The number of fused-ring (bicyclic) bond motifs is 2. The molecule has 1 aromatic heterocycles. The molecular weight excluding hydrogens is 525 g/mol. The van der Waals surface area contributed by atoms with Crippen molar-refractivity contribution in [1.82, 2.24) is 10.3 Å². The van der Waals surface area contributed by atoms with Gasteiger partial charge < -0.3 is 9.64 Å². The van der Waals surface area contributed by atoms with Crippen LogP contribution in [0.5, 0.6) is 5.75 Å². The van der Waals surface area contributed by atoms with Crippen LogP contribution in [0.4, 0.5) is 5.69 Å². The Morgan fingerprint density at radius 1 is 0.947 bits per heavy atom. The van der Waals surface area contributed by atoms with Gasteiger partial charge >= 0.3 is 0 Å². The Labute approximate surface area is 230 Å². The Morgan fingerprint density at radius 2 is 1.63 bits per heavy atom. The van der Waals surface area contributed by atoms with Gasteiger partial charge in [-0.3, -0.25) is 19.7 Å². The Kier molecular flexibility index (Phi) is 8.29. The van der Waals surface area contributed by atoms with E-state index in [9.17, 15) is 14.4 Å². The summed E-state index contributed by atoms with van der Waals surface area (Å²) < 4.78 is 6.02. The summed E-state index contributed by atoms with van der Waals surface area (Å²) in [6, 6.07) is 20.0. The summed E-state index contributed by atoms with van der Waals surface area (Å²) in [5.41, 5.74) is 3.91. The highest BCUT2D eigenvalue weighted by atomic mass is 35.5. The number of nitrogens with zero attached hydrogens (tertiary/aromatic N) is 2. The molecule has 0 atom stereocenters. The monoisotopic (exact) mass is 549 g/mol. The van der Waals surface area contributed by atoms with Crippen molar-refractivity contribution in [3.05, 3.63) is 99.2 Å². The Hall–Kier alpha value is -3.94. The zero-order chi connectivity index (χ0) is 27.4. The van der Waals surface area contributed by atoms with E-state index in [1.807, 2.05) is 44.2 Å². The lowest BCUT2D eigenvalue weighted by Crippen LogP contribution is -2.28. The van der Waals surface area contributed by atoms with E-state index >= 15 is 0 Å². The van der Waals surface area contributed by atoms with Crippen molar-refractivity contribution in [3.8, 4) is 5.75 Å². The largest absolute Gasteiger partial charge is 0.487 e. The molecule has 2 heterocycles. The maximum absolute atomic E-state index is 11.9.